The molecule has 292 valence electrons. The summed E-state index contributed by atoms with van der Waals surface area (Å²) in [6.07, 6.45) is 0.773. The predicted octanol–water partition coefficient (Wildman–Crippen LogP) is 3.59. The van der Waals surface area contributed by atoms with Crippen LogP contribution >= 0.6 is 0 Å². The Kier molecular flexibility index (Phi) is 17.9. The zero-order chi connectivity index (χ0) is 39.3. The van der Waals surface area contributed by atoms with Crippen molar-refractivity contribution in [1.82, 2.24) is 20.4 Å². The molecule has 8 atom stereocenters. The highest BCUT2D eigenvalue weighted by atomic mass is 16.5. The summed E-state index contributed by atoms with van der Waals surface area (Å²) >= 11 is 0. The molecule has 52 heavy (non-hydrogen) atoms. The van der Waals surface area contributed by atoms with Gasteiger partial charge in [-0.25, -0.2) is 4.79 Å². The van der Waals surface area contributed by atoms with Crippen LogP contribution in [0.3, 0.4) is 0 Å². The van der Waals surface area contributed by atoms with Crippen LogP contribution in [0.25, 0.3) is 0 Å². The predicted molar refractivity (Wildman–Crippen MR) is 201 cm³/mol. The Balaban J connectivity index is 2.27. The van der Waals surface area contributed by atoms with E-state index in [-0.39, 0.29) is 48.3 Å². The number of hydrogen-bond acceptors (Lipinski definition) is 8. The molecule has 1 saturated heterocycles. The Hall–Kier alpha value is -3.84. The summed E-state index contributed by atoms with van der Waals surface area (Å²) in [4.78, 5) is 74.3. The van der Waals surface area contributed by atoms with Crippen molar-refractivity contribution in [3.05, 3.63) is 35.9 Å². The van der Waals surface area contributed by atoms with E-state index in [1.807, 2.05) is 71.9 Å². The first-order chi connectivity index (χ1) is 24.5. The summed E-state index contributed by atoms with van der Waals surface area (Å²) in [5.74, 6) is -3.63. The van der Waals surface area contributed by atoms with Crippen molar-refractivity contribution in [2.24, 2.45) is 28.7 Å². The number of rotatable bonds is 20. The number of ether oxygens (including phenoxy) is 2. The lowest BCUT2D eigenvalue weighted by Crippen LogP contribution is -2.58. The fourth-order valence-corrected chi connectivity index (χ4v) is 7.23. The van der Waals surface area contributed by atoms with Crippen LogP contribution in [0.15, 0.2) is 35.3 Å². The van der Waals surface area contributed by atoms with Crippen LogP contribution in [0.1, 0.15) is 79.7 Å². The molecule has 1 aromatic rings. The van der Waals surface area contributed by atoms with Crippen molar-refractivity contribution >= 4 is 35.3 Å². The molecule has 0 spiro atoms. The number of hydrogen-bond donors (Lipinski definition) is 3. The van der Waals surface area contributed by atoms with Crippen LogP contribution in [-0.2, 0) is 39.9 Å². The van der Waals surface area contributed by atoms with Crippen LogP contribution in [0.5, 0.6) is 0 Å². The molecule has 1 fully saturated rings. The topological polar surface area (TPSA) is 167 Å². The number of aliphatic imine (C=N–C) groups is 1. The van der Waals surface area contributed by atoms with Gasteiger partial charge in [0.1, 0.15) is 17.8 Å². The van der Waals surface area contributed by atoms with Crippen LogP contribution in [0.4, 0.5) is 0 Å². The maximum absolute atomic E-state index is 14.1. The molecule has 0 radical (unpaired) electrons. The lowest BCUT2D eigenvalue weighted by atomic mass is 9.89. The van der Waals surface area contributed by atoms with E-state index in [0.29, 0.717) is 31.5 Å². The van der Waals surface area contributed by atoms with Crippen LogP contribution < -0.4 is 10.6 Å². The van der Waals surface area contributed by atoms with Gasteiger partial charge < -0.3 is 35.0 Å². The molecule has 4 amide bonds. The Morgan fingerprint density at radius 1 is 1.00 bits per heavy atom. The monoisotopic (exact) mass is 729 g/mol. The third kappa shape index (κ3) is 11.6. The maximum Gasteiger partial charge on any atom is 0.326 e. The van der Waals surface area contributed by atoms with Gasteiger partial charge in [-0.15, -0.1) is 0 Å². The van der Waals surface area contributed by atoms with Crippen LogP contribution in [-0.4, -0.2) is 121 Å². The minimum Gasteiger partial charge on any atom is -0.480 e. The minimum atomic E-state index is -1.14. The van der Waals surface area contributed by atoms with Crippen molar-refractivity contribution in [1.29, 1.82) is 0 Å². The number of methoxy groups -OCH3 is 2. The summed E-state index contributed by atoms with van der Waals surface area (Å²) < 4.78 is 11.8. The normalized spacial score (nSPS) is 19.0. The highest BCUT2D eigenvalue weighted by molar-refractivity contribution is 6.39. The van der Waals surface area contributed by atoms with E-state index in [1.54, 1.807) is 30.8 Å². The van der Waals surface area contributed by atoms with Gasteiger partial charge in [-0.2, -0.15) is 0 Å². The van der Waals surface area contributed by atoms with Crippen molar-refractivity contribution in [3.63, 3.8) is 0 Å². The number of carbonyl (C=O) groups is 5. The number of amides is 4. The lowest BCUT2D eigenvalue weighted by molar-refractivity contribution is -0.148. The van der Waals surface area contributed by atoms with Gasteiger partial charge in [-0.05, 0) is 30.2 Å². The number of likely N-dealkylation sites (tertiary alicyclic amines) is 1. The molecule has 1 aliphatic rings. The number of nitrogens with zero attached hydrogens (tertiary/aromatic N) is 3. The summed E-state index contributed by atoms with van der Waals surface area (Å²) in [5.41, 5.74) is 1.14. The molecule has 13 nitrogen and oxygen atoms in total. The first kappa shape index (κ1) is 44.3. The fraction of sp³-hybridized carbons (Fsp3) is 0.692. The van der Waals surface area contributed by atoms with Gasteiger partial charge in [0.25, 0.3) is 5.91 Å². The molecular weight excluding hydrogens is 666 g/mol. The number of likely N-dealkylation sites (N-methyl/N-ethyl adjacent to an activating group) is 1. The average molecular weight is 730 g/mol. The highest BCUT2D eigenvalue weighted by Crippen LogP contribution is 2.29. The van der Waals surface area contributed by atoms with Gasteiger partial charge in [0, 0.05) is 47.2 Å². The number of carbonyl (C=O) groups excluding carboxylic acids is 4. The average Bonchev–Trinajstić information content (AvgIpc) is 3.59. The SMILES string of the molecule is CC[C@H](C)[C@@H]([C@@H](CC(=O)N1CCC[C@H]1[C@H](OC)[C@@H](C)C(=O)N[C@@H](Cc1ccccc1)C(=O)O)OC)N(C)C(=O)[C@@H](NC(=O)/C(=N/C)C(C)C)C(C)C. The molecule has 0 aliphatic carbocycles. The van der Waals surface area contributed by atoms with Crippen molar-refractivity contribution in [2.75, 3.05) is 34.9 Å². The Morgan fingerprint density at radius 2 is 1.63 bits per heavy atom. The molecule has 1 aliphatic heterocycles. The van der Waals surface area contributed by atoms with Crippen LogP contribution in [0.2, 0.25) is 0 Å². The number of aliphatic carboxylic acids is 1. The molecule has 3 N–H and O–H groups in total. The Labute approximate surface area is 310 Å². The van der Waals surface area contributed by atoms with Crippen molar-refractivity contribution in [2.45, 2.75) is 117 Å². The number of carboxylic acid groups (broad SMARTS) is 1. The van der Waals surface area contributed by atoms with E-state index >= 15 is 0 Å². The smallest absolute Gasteiger partial charge is 0.326 e. The van der Waals surface area contributed by atoms with Gasteiger partial charge in [0.2, 0.25) is 17.7 Å². The van der Waals surface area contributed by atoms with E-state index in [2.05, 4.69) is 15.6 Å². The lowest BCUT2D eigenvalue weighted by Gasteiger charge is -2.40. The van der Waals surface area contributed by atoms with E-state index in [4.69, 9.17) is 9.47 Å². The van der Waals surface area contributed by atoms with E-state index in [1.165, 1.54) is 14.2 Å². The van der Waals surface area contributed by atoms with Gasteiger partial charge in [0.05, 0.1) is 36.6 Å². The molecule has 0 aromatic heterocycles. The Morgan fingerprint density at radius 3 is 2.13 bits per heavy atom. The van der Waals surface area contributed by atoms with Crippen molar-refractivity contribution < 1.29 is 38.6 Å². The summed E-state index contributed by atoms with van der Waals surface area (Å²) in [6.45, 7) is 13.7. The standard InChI is InChI=1S/C39H63N5O8/c1-12-25(6)34(43(9)38(48)33(24(4)5)42-37(47)32(40-8)23(2)3)30(51-10)22-31(45)44-20-16-19-29(44)35(52-11)26(7)36(46)41-28(39(49)50)21-27-17-14-13-15-18-27/h13-15,17-18,23-26,28-30,33-35H,12,16,19-22H2,1-11H3,(H,41,46)(H,42,47)(H,49,50)/b40-32+/t25-,26+,28-,29-,30+,33-,34-,35+/m0/s1. The second kappa shape index (κ2) is 21.0. The molecular formula is C39H63N5O8. The summed E-state index contributed by atoms with van der Waals surface area (Å²) in [5, 5.41) is 15.4. The van der Waals surface area contributed by atoms with Crippen LogP contribution in [0, 0.1) is 23.7 Å². The molecule has 13 heteroatoms. The zero-order valence-corrected chi connectivity index (χ0v) is 33.0. The third-order valence-corrected chi connectivity index (χ3v) is 10.4. The highest BCUT2D eigenvalue weighted by Gasteiger charge is 2.43. The van der Waals surface area contributed by atoms with Gasteiger partial charge in [-0.3, -0.25) is 24.2 Å². The van der Waals surface area contributed by atoms with Gasteiger partial charge >= 0.3 is 5.97 Å². The fourth-order valence-electron chi connectivity index (χ4n) is 7.23. The second-order valence-corrected chi connectivity index (χ2v) is 14.6. The number of nitrogens with one attached hydrogen (secondary N) is 2. The van der Waals surface area contributed by atoms with Crippen molar-refractivity contribution in [3.8, 4) is 0 Å². The number of benzene rings is 1. The minimum absolute atomic E-state index is 0.0203. The second-order valence-electron chi connectivity index (χ2n) is 14.6. The molecule has 0 unspecified atom stereocenters. The van der Waals surface area contributed by atoms with E-state index in [0.717, 1.165) is 5.56 Å². The largest absolute Gasteiger partial charge is 0.480 e. The third-order valence-electron chi connectivity index (χ3n) is 10.4. The molecule has 1 heterocycles. The Bertz CT molecular complexity index is 1370. The van der Waals surface area contributed by atoms with Gasteiger partial charge in [0.15, 0.2) is 0 Å². The molecule has 1 aromatic carbocycles. The number of carboxylic acids is 1. The first-order valence-electron chi connectivity index (χ1n) is 18.5. The summed E-state index contributed by atoms with van der Waals surface area (Å²) in [6, 6.07) is 6.22. The van der Waals surface area contributed by atoms with Gasteiger partial charge in [-0.1, -0.05) is 85.2 Å². The van der Waals surface area contributed by atoms with E-state index < -0.39 is 54.2 Å². The summed E-state index contributed by atoms with van der Waals surface area (Å²) in [7, 11) is 6.27. The maximum atomic E-state index is 14.1. The molecule has 0 saturated carbocycles. The zero-order valence-electron chi connectivity index (χ0n) is 33.0. The molecule has 0 bridgehead atoms. The quantitative estimate of drug-likeness (QED) is 0.171. The first-order valence-corrected chi connectivity index (χ1v) is 18.5. The molecule has 2 rings (SSSR count). The van der Waals surface area contributed by atoms with E-state index in [9.17, 15) is 29.1 Å².